The highest BCUT2D eigenvalue weighted by molar-refractivity contribution is 5.76. The molecule has 0 aromatic rings. The Morgan fingerprint density at radius 3 is 1.17 bits per heavy atom. The summed E-state index contributed by atoms with van der Waals surface area (Å²) in [6, 6.07) is -0.885. The highest BCUT2D eigenvalue weighted by Crippen LogP contribution is 2.33. The van der Waals surface area contributed by atoms with E-state index < -0.39 is 124 Å². The first-order valence-electron chi connectivity index (χ1n) is 33.4. The SMILES string of the molecule is CCCCCCCCCC/C=C\CCCCCCCCCCCC(=O)NC(COC1OC(CO)C(OC2OC(CO)C(OC3OC(CO)C(O)C(O)C3O)C(O)C2O)C(O)C1O)C(O)CCCCCCCCCCCCCCCCCCC. The largest absolute Gasteiger partial charge is 0.394 e. The van der Waals surface area contributed by atoms with Gasteiger partial charge in [-0.2, -0.15) is 0 Å². The fraction of sp³-hybridized carbons (Fsp3) is 0.953. The van der Waals surface area contributed by atoms with Crippen LogP contribution in [0, 0.1) is 0 Å². The number of carbonyl (C=O) groups is 1. The van der Waals surface area contributed by atoms with Gasteiger partial charge in [0.2, 0.25) is 5.91 Å². The number of hydrogen-bond acceptors (Lipinski definition) is 18. The van der Waals surface area contributed by atoms with Gasteiger partial charge in [-0.15, -0.1) is 0 Å². The van der Waals surface area contributed by atoms with Crippen LogP contribution < -0.4 is 5.32 Å². The zero-order valence-electron chi connectivity index (χ0n) is 51.4. The zero-order valence-corrected chi connectivity index (χ0v) is 51.4. The number of aliphatic hydroxyl groups excluding tert-OH is 11. The predicted octanol–water partition coefficient (Wildman–Crippen LogP) is 7.72. The molecule has 0 aromatic carbocycles. The van der Waals surface area contributed by atoms with E-state index in [9.17, 15) is 61.0 Å². The maximum absolute atomic E-state index is 13.4. The van der Waals surface area contributed by atoms with E-state index in [0.717, 1.165) is 51.4 Å². The highest BCUT2D eigenvalue weighted by atomic mass is 16.8. The van der Waals surface area contributed by atoms with E-state index in [1.54, 1.807) is 0 Å². The van der Waals surface area contributed by atoms with E-state index in [0.29, 0.717) is 12.8 Å². The van der Waals surface area contributed by atoms with Gasteiger partial charge in [0.1, 0.15) is 73.2 Å². The second-order valence-corrected chi connectivity index (χ2v) is 24.3. The third-order valence-corrected chi connectivity index (χ3v) is 17.1. The average molecular weight is 1190 g/mol. The zero-order chi connectivity index (χ0) is 60.5. The van der Waals surface area contributed by atoms with Crippen molar-refractivity contribution >= 4 is 5.91 Å². The molecule has 3 rings (SSSR count). The van der Waals surface area contributed by atoms with Crippen LogP contribution in [0.3, 0.4) is 0 Å². The minimum absolute atomic E-state index is 0.242. The summed E-state index contributed by atoms with van der Waals surface area (Å²) in [5, 5.41) is 121. The van der Waals surface area contributed by atoms with Crippen LogP contribution in [0.5, 0.6) is 0 Å². The molecule has 1 amide bonds. The van der Waals surface area contributed by atoms with Crippen molar-refractivity contribution in [2.75, 3.05) is 26.4 Å². The lowest BCUT2D eigenvalue weighted by molar-refractivity contribution is -0.379. The fourth-order valence-electron chi connectivity index (χ4n) is 11.6. The number of aliphatic hydroxyl groups is 11. The summed E-state index contributed by atoms with van der Waals surface area (Å²) < 4.78 is 34.4. The Balaban J connectivity index is 1.45. The van der Waals surface area contributed by atoms with Crippen LogP contribution in [-0.4, -0.2) is 193 Å². The molecule has 12 N–H and O–H groups in total. The van der Waals surface area contributed by atoms with Crippen LogP contribution in [0.15, 0.2) is 12.2 Å². The molecule has 0 aromatic heterocycles. The van der Waals surface area contributed by atoms with E-state index in [1.807, 2.05) is 0 Å². The molecule has 3 heterocycles. The molecule has 0 radical (unpaired) electrons. The molecule has 0 saturated carbocycles. The molecule has 3 fully saturated rings. The maximum atomic E-state index is 13.4. The molecule has 17 unspecified atom stereocenters. The third kappa shape index (κ3) is 30.5. The molecule has 0 spiro atoms. The van der Waals surface area contributed by atoms with Crippen molar-refractivity contribution in [2.45, 2.75) is 362 Å². The summed E-state index contributed by atoms with van der Waals surface area (Å²) >= 11 is 0. The van der Waals surface area contributed by atoms with Crippen molar-refractivity contribution in [1.82, 2.24) is 5.32 Å². The number of carbonyl (C=O) groups excluding carboxylic acids is 1. The Hall–Kier alpha value is -1.47. The highest BCUT2D eigenvalue weighted by Gasteiger charge is 2.53. The molecular weight excluding hydrogens is 1070 g/mol. The fourth-order valence-corrected chi connectivity index (χ4v) is 11.6. The number of unbranched alkanes of at least 4 members (excludes halogenated alkanes) is 33. The van der Waals surface area contributed by atoms with E-state index in [2.05, 4.69) is 31.3 Å². The van der Waals surface area contributed by atoms with Crippen LogP contribution >= 0.6 is 0 Å². The molecule has 0 bridgehead atoms. The van der Waals surface area contributed by atoms with Crippen LogP contribution in [0.25, 0.3) is 0 Å². The van der Waals surface area contributed by atoms with Crippen molar-refractivity contribution in [3.05, 3.63) is 12.2 Å². The molecule has 17 atom stereocenters. The standard InChI is InChI=1S/C64H121NO18/c1-3-5-7-9-11-13-15-17-19-21-22-23-24-26-28-30-32-34-36-38-40-42-52(70)65-47(48(69)41-39-37-35-33-31-29-27-25-20-18-16-14-12-10-8-6-4-2)46-78-62-58(76)55(73)60(50(44-67)80-62)83-64-59(77)56(74)61(51(45-68)81-64)82-63-57(75)54(72)53(71)49(43-66)79-63/h21-22,47-51,53-64,66-69,71-77H,3-20,23-46H2,1-2H3,(H,65,70)/b22-21-. The van der Waals surface area contributed by atoms with E-state index in [4.69, 9.17) is 28.4 Å². The van der Waals surface area contributed by atoms with Crippen LogP contribution in [-0.2, 0) is 33.2 Å². The molecule has 490 valence electrons. The Morgan fingerprint density at radius 1 is 0.422 bits per heavy atom. The van der Waals surface area contributed by atoms with Crippen molar-refractivity contribution < 1.29 is 89.4 Å². The Labute approximate surface area is 499 Å². The van der Waals surface area contributed by atoms with Gasteiger partial charge in [0, 0.05) is 6.42 Å². The normalized spacial score (nSPS) is 29.4. The summed E-state index contributed by atoms with van der Waals surface area (Å²) in [6.07, 6.45) is 22.8. The Bertz CT molecular complexity index is 1560. The third-order valence-electron chi connectivity index (χ3n) is 17.1. The van der Waals surface area contributed by atoms with Crippen molar-refractivity contribution in [1.29, 1.82) is 0 Å². The second-order valence-electron chi connectivity index (χ2n) is 24.3. The van der Waals surface area contributed by atoms with Gasteiger partial charge in [-0.05, 0) is 38.5 Å². The molecule has 3 aliphatic rings. The number of amides is 1. The van der Waals surface area contributed by atoms with Crippen molar-refractivity contribution in [3.63, 3.8) is 0 Å². The smallest absolute Gasteiger partial charge is 0.220 e. The maximum Gasteiger partial charge on any atom is 0.220 e. The van der Waals surface area contributed by atoms with Gasteiger partial charge in [0.15, 0.2) is 18.9 Å². The molecule has 83 heavy (non-hydrogen) atoms. The van der Waals surface area contributed by atoms with Gasteiger partial charge in [-0.3, -0.25) is 4.79 Å². The quantitative estimate of drug-likeness (QED) is 0.0205. The first-order valence-corrected chi connectivity index (χ1v) is 33.4. The number of ether oxygens (including phenoxy) is 6. The second kappa shape index (κ2) is 47.5. The van der Waals surface area contributed by atoms with Crippen LogP contribution in [0.4, 0.5) is 0 Å². The molecule has 19 nitrogen and oxygen atoms in total. The van der Waals surface area contributed by atoms with Crippen LogP contribution in [0.1, 0.15) is 258 Å². The topological polar surface area (TPSA) is 307 Å². The van der Waals surface area contributed by atoms with E-state index >= 15 is 0 Å². The van der Waals surface area contributed by atoms with E-state index in [1.165, 1.54) is 173 Å². The number of hydrogen-bond donors (Lipinski definition) is 12. The van der Waals surface area contributed by atoms with Gasteiger partial charge in [0.25, 0.3) is 0 Å². The van der Waals surface area contributed by atoms with Gasteiger partial charge in [-0.1, -0.05) is 225 Å². The first-order chi connectivity index (χ1) is 40.3. The molecule has 3 saturated heterocycles. The number of nitrogens with one attached hydrogen (secondary N) is 1. The van der Waals surface area contributed by atoms with Crippen molar-refractivity contribution in [2.24, 2.45) is 0 Å². The molecule has 3 aliphatic heterocycles. The Morgan fingerprint density at radius 2 is 0.759 bits per heavy atom. The Kier molecular flexibility index (Phi) is 43.4. The summed E-state index contributed by atoms with van der Waals surface area (Å²) in [5.41, 5.74) is 0. The van der Waals surface area contributed by atoms with Gasteiger partial charge < -0.3 is 89.9 Å². The molecule has 19 heteroatoms. The summed E-state index contributed by atoms with van der Waals surface area (Å²) in [7, 11) is 0. The lowest BCUT2D eigenvalue weighted by atomic mass is 9.96. The first kappa shape index (κ1) is 75.8. The molecule has 0 aliphatic carbocycles. The van der Waals surface area contributed by atoms with Gasteiger partial charge >= 0.3 is 0 Å². The van der Waals surface area contributed by atoms with Gasteiger partial charge in [-0.25, -0.2) is 0 Å². The lowest BCUT2D eigenvalue weighted by Crippen LogP contribution is -2.66. The predicted molar refractivity (Wildman–Crippen MR) is 319 cm³/mol. The summed E-state index contributed by atoms with van der Waals surface area (Å²) in [5.74, 6) is -0.242. The lowest BCUT2D eigenvalue weighted by Gasteiger charge is -2.48. The van der Waals surface area contributed by atoms with Crippen LogP contribution in [0.2, 0.25) is 0 Å². The minimum atomic E-state index is -1.97. The average Bonchev–Trinajstić information content (AvgIpc) is 3.34. The monoisotopic (exact) mass is 1190 g/mol. The van der Waals surface area contributed by atoms with E-state index in [-0.39, 0.29) is 18.9 Å². The number of allylic oxidation sites excluding steroid dienone is 2. The summed E-state index contributed by atoms with van der Waals surface area (Å²) in [4.78, 5) is 13.4. The van der Waals surface area contributed by atoms with Gasteiger partial charge in [0.05, 0.1) is 38.6 Å². The summed E-state index contributed by atoms with van der Waals surface area (Å²) in [6.45, 7) is 1.82. The number of rotatable bonds is 51. The molecular formula is C64H121NO18. The van der Waals surface area contributed by atoms with Crippen molar-refractivity contribution in [3.8, 4) is 0 Å². The minimum Gasteiger partial charge on any atom is -0.394 e.